The zero-order valence-corrected chi connectivity index (χ0v) is 15.0. The van der Waals surface area contributed by atoms with Gasteiger partial charge in [-0.3, -0.25) is 0 Å². The highest BCUT2D eigenvalue weighted by Crippen LogP contribution is 2.53. The van der Waals surface area contributed by atoms with Crippen molar-refractivity contribution in [1.82, 2.24) is 0 Å². The number of fused-ring (bicyclic) bond motifs is 5. The topological polar surface area (TPSA) is 46.5 Å². The summed E-state index contributed by atoms with van der Waals surface area (Å²) in [6.45, 7) is 0. The van der Waals surface area contributed by atoms with E-state index in [4.69, 9.17) is 0 Å². The summed E-state index contributed by atoms with van der Waals surface area (Å²) in [5.41, 5.74) is 4.12. The number of aliphatic hydroxyl groups is 1. The van der Waals surface area contributed by atoms with Gasteiger partial charge < -0.3 is 9.84 Å². The van der Waals surface area contributed by atoms with E-state index in [1.54, 1.807) is 6.08 Å². The Morgan fingerprint density at radius 2 is 1.92 bits per heavy atom. The Morgan fingerprint density at radius 1 is 1.19 bits per heavy atom. The molecule has 2 aliphatic carbocycles. The van der Waals surface area contributed by atoms with Crippen molar-refractivity contribution in [3.8, 4) is 0 Å². The van der Waals surface area contributed by atoms with Gasteiger partial charge in [0.15, 0.2) is 0 Å². The van der Waals surface area contributed by atoms with Crippen molar-refractivity contribution < 1.29 is 14.6 Å². The van der Waals surface area contributed by atoms with Gasteiger partial charge in [-0.1, -0.05) is 54.6 Å². The lowest BCUT2D eigenvalue weighted by Crippen LogP contribution is -2.39. The first-order chi connectivity index (χ1) is 12.6. The molecule has 0 aromatic heterocycles. The Bertz CT molecular complexity index is 854. The number of ether oxygens (including phenoxy) is 1. The van der Waals surface area contributed by atoms with Gasteiger partial charge in [-0.25, -0.2) is 4.79 Å². The fourth-order valence-electron chi connectivity index (χ4n) is 4.82. The van der Waals surface area contributed by atoms with E-state index in [1.807, 2.05) is 12.1 Å². The van der Waals surface area contributed by atoms with Crippen molar-refractivity contribution in [1.29, 1.82) is 0 Å². The van der Waals surface area contributed by atoms with Gasteiger partial charge in [-0.2, -0.15) is 0 Å². The highest BCUT2D eigenvalue weighted by molar-refractivity contribution is 5.81. The predicted molar refractivity (Wildman–Crippen MR) is 101 cm³/mol. The first-order valence-electron chi connectivity index (χ1n) is 9.26. The van der Waals surface area contributed by atoms with E-state index in [-0.39, 0.29) is 5.97 Å². The van der Waals surface area contributed by atoms with Gasteiger partial charge in [-0.05, 0) is 53.9 Å². The number of hydrogen-bond donors (Lipinski definition) is 1. The summed E-state index contributed by atoms with van der Waals surface area (Å²) in [4.78, 5) is 11.4. The van der Waals surface area contributed by atoms with Crippen LogP contribution in [0.4, 0.5) is 0 Å². The summed E-state index contributed by atoms with van der Waals surface area (Å²) in [6, 6.07) is 16.9. The molecule has 2 aliphatic rings. The largest absolute Gasteiger partial charge is 0.466 e. The van der Waals surface area contributed by atoms with Crippen LogP contribution in [-0.2, 0) is 21.6 Å². The lowest BCUT2D eigenvalue weighted by atomic mass is 9.61. The minimum atomic E-state index is -0.936. The molecule has 2 aromatic rings. The van der Waals surface area contributed by atoms with Crippen LogP contribution in [0.15, 0.2) is 60.7 Å². The Labute approximate surface area is 154 Å². The molecular formula is C23H24O3. The van der Waals surface area contributed by atoms with Gasteiger partial charge in [0.05, 0.1) is 12.7 Å². The standard InChI is InChI=1S/C23H24O3/c1-26-21(24)11-6-14-23(25)15-17-13-12-16-7-2-3-8-18(16)22(17)19-9-4-5-10-20(19)23/h2-11,17,22,25H,12-15H2,1H3/b11-6-. The Morgan fingerprint density at radius 3 is 2.73 bits per heavy atom. The van der Waals surface area contributed by atoms with Crippen LogP contribution in [-0.4, -0.2) is 18.2 Å². The van der Waals surface area contributed by atoms with Crippen LogP contribution < -0.4 is 0 Å². The van der Waals surface area contributed by atoms with E-state index in [0.29, 0.717) is 24.7 Å². The second kappa shape index (κ2) is 6.73. The number of esters is 1. The van der Waals surface area contributed by atoms with Gasteiger partial charge in [-0.15, -0.1) is 0 Å². The first kappa shape index (κ1) is 17.0. The maximum atomic E-state index is 11.5. The van der Waals surface area contributed by atoms with E-state index in [1.165, 1.54) is 29.9 Å². The van der Waals surface area contributed by atoms with E-state index in [2.05, 4.69) is 41.1 Å². The van der Waals surface area contributed by atoms with Crippen molar-refractivity contribution in [3.63, 3.8) is 0 Å². The lowest BCUT2D eigenvalue weighted by Gasteiger charge is -2.46. The minimum Gasteiger partial charge on any atom is -0.466 e. The van der Waals surface area contributed by atoms with E-state index in [0.717, 1.165) is 18.4 Å². The molecular weight excluding hydrogens is 324 g/mol. The zero-order valence-electron chi connectivity index (χ0n) is 15.0. The summed E-state index contributed by atoms with van der Waals surface area (Å²) in [5, 5.41) is 11.5. The number of hydrogen-bond acceptors (Lipinski definition) is 3. The average molecular weight is 348 g/mol. The number of carbonyl (C=O) groups excluding carboxylic acids is 1. The molecule has 0 heterocycles. The predicted octanol–water partition coefficient (Wildman–Crippen LogP) is 4.09. The number of aryl methyl sites for hydroxylation is 1. The summed E-state index contributed by atoms with van der Waals surface area (Å²) in [7, 11) is 1.36. The molecule has 0 spiro atoms. The fraction of sp³-hybridized carbons (Fsp3) is 0.348. The fourth-order valence-corrected chi connectivity index (χ4v) is 4.82. The van der Waals surface area contributed by atoms with Gasteiger partial charge in [0.1, 0.15) is 0 Å². The second-order valence-corrected chi connectivity index (χ2v) is 7.43. The zero-order chi connectivity index (χ0) is 18.1. The number of methoxy groups -OCH3 is 1. The number of carbonyl (C=O) groups is 1. The molecule has 0 radical (unpaired) electrons. The molecule has 1 N–H and O–H groups in total. The molecule has 0 amide bonds. The van der Waals surface area contributed by atoms with E-state index >= 15 is 0 Å². The van der Waals surface area contributed by atoms with Crippen LogP contribution in [0, 0.1) is 5.92 Å². The molecule has 0 aliphatic heterocycles. The quantitative estimate of drug-likeness (QED) is 0.671. The van der Waals surface area contributed by atoms with Gasteiger partial charge in [0, 0.05) is 12.0 Å². The maximum Gasteiger partial charge on any atom is 0.330 e. The Balaban J connectivity index is 1.75. The van der Waals surface area contributed by atoms with Crippen LogP contribution in [0.2, 0.25) is 0 Å². The SMILES string of the molecule is COC(=O)/C=C\CC1(O)CC2CCc3ccccc3C2c2ccccc21. The molecule has 0 saturated heterocycles. The highest BCUT2D eigenvalue weighted by atomic mass is 16.5. The highest BCUT2D eigenvalue weighted by Gasteiger charge is 2.44. The molecule has 134 valence electrons. The summed E-state index contributed by atoms with van der Waals surface area (Å²) in [5.74, 6) is 0.375. The first-order valence-corrected chi connectivity index (χ1v) is 9.26. The van der Waals surface area contributed by atoms with Crippen molar-refractivity contribution in [3.05, 3.63) is 82.9 Å². The van der Waals surface area contributed by atoms with Crippen molar-refractivity contribution in [2.75, 3.05) is 7.11 Å². The molecule has 26 heavy (non-hydrogen) atoms. The normalized spacial score (nSPS) is 26.7. The molecule has 3 atom stereocenters. The van der Waals surface area contributed by atoms with Gasteiger partial charge in [0.25, 0.3) is 0 Å². The average Bonchev–Trinajstić information content (AvgIpc) is 2.67. The van der Waals surface area contributed by atoms with Gasteiger partial charge in [0.2, 0.25) is 0 Å². The summed E-state index contributed by atoms with van der Waals surface area (Å²) >= 11 is 0. The van der Waals surface area contributed by atoms with Crippen LogP contribution >= 0.6 is 0 Å². The lowest BCUT2D eigenvalue weighted by molar-refractivity contribution is -0.134. The molecule has 3 heteroatoms. The van der Waals surface area contributed by atoms with Crippen molar-refractivity contribution in [2.24, 2.45) is 5.92 Å². The number of rotatable bonds is 3. The van der Waals surface area contributed by atoms with Gasteiger partial charge >= 0.3 is 5.97 Å². The van der Waals surface area contributed by atoms with E-state index in [9.17, 15) is 9.90 Å². The maximum absolute atomic E-state index is 11.5. The molecule has 3 unspecified atom stereocenters. The molecule has 0 bridgehead atoms. The van der Waals surface area contributed by atoms with Crippen LogP contribution in [0.25, 0.3) is 0 Å². The molecule has 0 saturated carbocycles. The third-order valence-electron chi connectivity index (χ3n) is 5.95. The van der Waals surface area contributed by atoms with Crippen molar-refractivity contribution >= 4 is 5.97 Å². The van der Waals surface area contributed by atoms with E-state index < -0.39 is 5.60 Å². The number of benzene rings is 2. The smallest absolute Gasteiger partial charge is 0.330 e. The Kier molecular flexibility index (Phi) is 4.41. The van der Waals surface area contributed by atoms with Crippen LogP contribution in [0.1, 0.15) is 47.4 Å². The molecule has 4 rings (SSSR count). The monoisotopic (exact) mass is 348 g/mol. The second-order valence-electron chi connectivity index (χ2n) is 7.43. The third-order valence-corrected chi connectivity index (χ3v) is 5.95. The Hall–Kier alpha value is -2.39. The molecule has 0 fully saturated rings. The third kappa shape index (κ3) is 2.86. The van der Waals surface area contributed by atoms with Crippen molar-refractivity contribution in [2.45, 2.75) is 37.2 Å². The minimum absolute atomic E-state index is 0.348. The molecule has 2 aromatic carbocycles. The summed E-state index contributed by atoms with van der Waals surface area (Å²) in [6.07, 6.45) is 6.42. The van der Waals surface area contributed by atoms with Crippen LogP contribution in [0.5, 0.6) is 0 Å². The van der Waals surface area contributed by atoms with Crippen LogP contribution in [0.3, 0.4) is 0 Å². The molecule has 3 nitrogen and oxygen atoms in total. The summed E-state index contributed by atoms with van der Waals surface area (Å²) < 4.78 is 4.66.